The van der Waals surface area contributed by atoms with E-state index in [0.717, 1.165) is 23.9 Å². The third-order valence-electron chi connectivity index (χ3n) is 3.12. The minimum atomic E-state index is -0.259. The molecule has 0 saturated carbocycles. The predicted molar refractivity (Wildman–Crippen MR) is 86.4 cm³/mol. The highest BCUT2D eigenvalue weighted by atomic mass is 32.2. The Labute approximate surface area is 128 Å². The zero-order valence-corrected chi connectivity index (χ0v) is 13.0. The van der Waals surface area contributed by atoms with Gasteiger partial charge in [0, 0.05) is 5.75 Å². The van der Waals surface area contributed by atoms with E-state index in [4.69, 9.17) is 0 Å². The van der Waals surface area contributed by atoms with Crippen molar-refractivity contribution in [1.29, 1.82) is 0 Å². The Hall–Kier alpha value is -1.75. The number of aromatic hydroxyl groups is 1. The minimum Gasteiger partial charge on any atom is -0.493 e. The third-order valence-corrected chi connectivity index (χ3v) is 4.14. The van der Waals surface area contributed by atoms with Crippen molar-refractivity contribution in [2.75, 3.05) is 5.75 Å². The number of hydrogen-bond donors (Lipinski definition) is 1. The molecule has 1 aromatic carbocycles. The van der Waals surface area contributed by atoms with Gasteiger partial charge in [0.15, 0.2) is 5.16 Å². The highest BCUT2D eigenvalue weighted by Gasteiger charge is 2.10. The van der Waals surface area contributed by atoms with Gasteiger partial charge in [-0.15, -0.1) is 0 Å². The molecule has 0 aliphatic heterocycles. The normalized spacial score (nSPS) is 10.7. The molecule has 0 amide bonds. The third kappa shape index (κ3) is 4.36. The zero-order chi connectivity index (χ0) is 15.1. The summed E-state index contributed by atoms with van der Waals surface area (Å²) in [5.41, 5.74) is 0.510. The lowest BCUT2D eigenvalue weighted by Crippen LogP contribution is -2.20. The van der Waals surface area contributed by atoms with E-state index in [1.54, 1.807) is 4.57 Å². The van der Waals surface area contributed by atoms with Crippen LogP contribution in [-0.2, 0) is 0 Å². The maximum absolute atomic E-state index is 12.1. The molecule has 0 unspecified atom stereocenters. The van der Waals surface area contributed by atoms with Crippen LogP contribution >= 0.6 is 11.8 Å². The Kier molecular flexibility index (Phi) is 5.87. The van der Waals surface area contributed by atoms with Crippen molar-refractivity contribution in [3.63, 3.8) is 0 Å². The Balaban J connectivity index is 2.21. The largest absolute Gasteiger partial charge is 0.493 e. The molecule has 0 aliphatic carbocycles. The minimum absolute atomic E-state index is 0.219. The summed E-state index contributed by atoms with van der Waals surface area (Å²) in [5, 5.41) is 10.1. The maximum Gasteiger partial charge on any atom is 0.262 e. The average Bonchev–Trinajstić information content (AvgIpc) is 2.47. The Morgan fingerprint density at radius 3 is 2.67 bits per heavy atom. The number of thioether (sulfide) groups is 1. The molecule has 5 heteroatoms. The van der Waals surface area contributed by atoms with Crippen molar-refractivity contribution in [1.82, 2.24) is 9.55 Å². The highest BCUT2D eigenvalue weighted by Crippen LogP contribution is 2.21. The summed E-state index contributed by atoms with van der Waals surface area (Å²) in [5.74, 6) is 0.672. The number of para-hydroxylation sites is 1. The predicted octanol–water partition coefficient (Wildman–Crippen LogP) is 3.61. The van der Waals surface area contributed by atoms with E-state index >= 15 is 0 Å². The molecule has 1 aromatic heterocycles. The number of aromatic nitrogens is 2. The molecule has 0 radical (unpaired) electrons. The van der Waals surface area contributed by atoms with Crippen LogP contribution < -0.4 is 5.56 Å². The van der Waals surface area contributed by atoms with E-state index in [1.807, 2.05) is 30.3 Å². The second kappa shape index (κ2) is 7.88. The van der Waals surface area contributed by atoms with Gasteiger partial charge in [-0.25, -0.2) is 0 Å². The van der Waals surface area contributed by atoms with Gasteiger partial charge in [0.25, 0.3) is 5.56 Å². The second-order valence-corrected chi connectivity index (χ2v) is 5.88. The lowest BCUT2D eigenvalue weighted by molar-refractivity contribution is 0.440. The van der Waals surface area contributed by atoms with Gasteiger partial charge in [-0.3, -0.25) is 9.36 Å². The number of benzene rings is 1. The van der Waals surface area contributed by atoms with Crippen molar-refractivity contribution in [3.05, 3.63) is 46.8 Å². The fraction of sp³-hybridized carbons (Fsp3) is 0.375. The van der Waals surface area contributed by atoms with Gasteiger partial charge >= 0.3 is 0 Å². The molecule has 112 valence electrons. The van der Waals surface area contributed by atoms with Crippen molar-refractivity contribution >= 4 is 11.8 Å². The summed E-state index contributed by atoms with van der Waals surface area (Å²) >= 11 is 1.51. The van der Waals surface area contributed by atoms with Crippen LogP contribution in [-0.4, -0.2) is 20.4 Å². The van der Waals surface area contributed by atoms with Crippen molar-refractivity contribution < 1.29 is 5.11 Å². The molecule has 0 atom stereocenters. The molecular weight excluding hydrogens is 284 g/mol. The first-order valence-corrected chi connectivity index (χ1v) is 8.22. The molecule has 0 saturated heterocycles. The number of nitrogens with zero attached hydrogens (tertiary/aromatic N) is 2. The monoisotopic (exact) mass is 304 g/mol. The first-order chi connectivity index (χ1) is 10.2. The van der Waals surface area contributed by atoms with Crippen LogP contribution in [0.5, 0.6) is 5.88 Å². The summed E-state index contributed by atoms with van der Waals surface area (Å²) in [6.45, 7) is 2.18. The first kappa shape index (κ1) is 15.6. The van der Waals surface area contributed by atoms with Gasteiger partial charge in [-0.2, -0.15) is 4.98 Å². The summed E-state index contributed by atoms with van der Waals surface area (Å²) in [6, 6.07) is 10.5. The van der Waals surface area contributed by atoms with E-state index in [1.165, 1.54) is 31.0 Å². The molecule has 2 aromatic rings. The van der Waals surface area contributed by atoms with Crippen LogP contribution in [0.15, 0.2) is 46.3 Å². The van der Waals surface area contributed by atoms with Gasteiger partial charge in [-0.1, -0.05) is 56.1 Å². The van der Waals surface area contributed by atoms with Gasteiger partial charge in [0.1, 0.15) is 0 Å². The smallest absolute Gasteiger partial charge is 0.262 e. The molecular formula is C16H20N2O2S. The lowest BCUT2D eigenvalue weighted by atomic mass is 10.2. The van der Waals surface area contributed by atoms with Crippen LogP contribution in [0.1, 0.15) is 32.6 Å². The van der Waals surface area contributed by atoms with Crippen molar-refractivity contribution in [3.8, 4) is 11.6 Å². The Morgan fingerprint density at radius 2 is 1.95 bits per heavy atom. The molecule has 0 aliphatic rings. The average molecular weight is 304 g/mol. The van der Waals surface area contributed by atoms with E-state index < -0.39 is 0 Å². The van der Waals surface area contributed by atoms with Gasteiger partial charge in [0.05, 0.1) is 11.8 Å². The summed E-state index contributed by atoms with van der Waals surface area (Å²) < 4.78 is 1.55. The van der Waals surface area contributed by atoms with Gasteiger partial charge in [0.2, 0.25) is 5.88 Å². The van der Waals surface area contributed by atoms with Crippen LogP contribution in [0.3, 0.4) is 0 Å². The summed E-state index contributed by atoms with van der Waals surface area (Å²) in [4.78, 5) is 16.3. The van der Waals surface area contributed by atoms with Crippen LogP contribution in [0.25, 0.3) is 5.69 Å². The van der Waals surface area contributed by atoms with Crippen molar-refractivity contribution in [2.24, 2.45) is 0 Å². The summed E-state index contributed by atoms with van der Waals surface area (Å²) in [7, 11) is 0. The fourth-order valence-corrected chi connectivity index (χ4v) is 3.07. The fourth-order valence-electron chi connectivity index (χ4n) is 2.05. The maximum atomic E-state index is 12.1. The summed E-state index contributed by atoms with van der Waals surface area (Å²) in [6.07, 6.45) is 4.68. The van der Waals surface area contributed by atoms with Gasteiger partial charge in [-0.05, 0) is 18.6 Å². The first-order valence-electron chi connectivity index (χ1n) is 7.23. The van der Waals surface area contributed by atoms with E-state index in [9.17, 15) is 9.90 Å². The number of rotatable bonds is 7. The molecule has 0 fully saturated rings. The second-order valence-electron chi connectivity index (χ2n) is 4.82. The quantitative estimate of drug-likeness (QED) is 0.482. The topological polar surface area (TPSA) is 55.1 Å². The number of hydrogen-bond acceptors (Lipinski definition) is 4. The molecule has 1 N–H and O–H groups in total. The van der Waals surface area contributed by atoms with Crippen LogP contribution in [0.2, 0.25) is 0 Å². The lowest BCUT2D eigenvalue weighted by Gasteiger charge is -2.11. The van der Waals surface area contributed by atoms with Gasteiger partial charge < -0.3 is 5.11 Å². The van der Waals surface area contributed by atoms with Crippen molar-refractivity contribution in [2.45, 2.75) is 37.8 Å². The molecule has 2 rings (SSSR count). The Morgan fingerprint density at radius 1 is 1.19 bits per heavy atom. The highest BCUT2D eigenvalue weighted by molar-refractivity contribution is 7.99. The molecule has 1 heterocycles. The van der Waals surface area contributed by atoms with Crippen LogP contribution in [0.4, 0.5) is 0 Å². The molecule has 4 nitrogen and oxygen atoms in total. The van der Waals surface area contributed by atoms with E-state index in [2.05, 4.69) is 11.9 Å². The Bertz CT molecular complexity index is 626. The van der Waals surface area contributed by atoms with Crippen LogP contribution in [0, 0.1) is 0 Å². The van der Waals surface area contributed by atoms with E-state index in [0.29, 0.717) is 5.16 Å². The molecule has 21 heavy (non-hydrogen) atoms. The SMILES string of the molecule is CCCCCCSc1nc(O)cc(=O)n1-c1ccccc1. The zero-order valence-electron chi connectivity index (χ0n) is 12.2. The molecule has 0 bridgehead atoms. The number of unbranched alkanes of at least 4 members (excludes halogenated alkanes) is 3. The molecule has 0 spiro atoms. The van der Waals surface area contributed by atoms with E-state index in [-0.39, 0.29) is 11.4 Å². The standard InChI is InChI=1S/C16H20N2O2S/c1-2-3-4-8-11-21-16-17-14(19)12-15(20)18(16)13-9-6-5-7-10-13/h5-7,9-10,12,19H,2-4,8,11H2,1H3.